The molecule has 1 saturated heterocycles. The average Bonchev–Trinajstić information content (AvgIpc) is 2.54. The summed E-state index contributed by atoms with van der Waals surface area (Å²) < 4.78 is 27.7. The minimum absolute atomic E-state index is 0.189. The van der Waals surface area contributed by atoms with E-state index < -0.39 is 28.0 Å². The Labute approximate surface area is 134 Å². The molecule has 7 heteroatoms. The third-order valence-electron chi connectivity index (χ3n) is 4.05. The first-order valence-corrected chi connectivity index (χ1v) is 8.89. The highest BCUT2D eigenvalue weighted by Gasteiger charge is 2.29. The van der Waals surface area contributed by atoms with Crippen LogP contribution in [0.4, 0.5) is 0 Å². The van der Waals surface area contributed by atoms with Gasteiger partial charge in [0.05, 0.1) is 10.8 Å². The number of hydrogen-bond acceptors (Lipinski definition) is 4. The fraction of sp³-hybridized carbons (Fsp3) is 0.312. The summed E-state index contributed by atoms with van der Waals surface area (Å²) in [6.07, 6.45) is 0.287. The highest BCUT2D eigenvalue weighted by Crippen LogP contribution is 2.20. The van der Waals surface area contributed by atoms with Gasteiger partial charge in [0.2, 0.25) is 10.0 Å². The number of benzene rings is 2. The van der Waals surface area contributed by atoms with E-state index in [1.807, 2.05) is 24.3 Å². The first-order valence-electron chi connectivity index (χ1n) is 7.40. The van der Waals surface area contributed by atoms with Crippen LogP contribution in [0.25, 0.3) is 10.8 Å². The molecule has 3 N–H and O–H groups in total. The Kier molecular flexibility index (Phi) is 4.34. The number of rotatable bonds is 4. The Morgan fingerprint density at radius 1 is 1.13 bits per heavy atom. The lowest BCUT2D eigenvalue weighted by atomic mass is 9.97. The first-order chi connectivity index (χ1) is 11.0. The van der Waals surface area contributed by atoms with Gasteiger partial charge in [0.25, 0.3) is 0 Å². The Hall–Kier alpha value is -1.96. The molecule has 0 spiro atoms. The van der Waals surface area contributed by atoms with Crippen LogP contribution in [0.5, 0.6) is 0 Å². The van der Waals surface area contributed by atoms with Crippen LogP contribution in [0, 0.1) is 5.92 Å². The molecule has 23 heavy (non-hydrogen) atoms. The molecule has 2 aromatic rings. The van der Waals surface area contributed by atoms with Crippen LogP contribution in [0.15, 0.2) is 47.4 Å². The van der Waals surface area contributed by atoms with Crippen LogP contribution in [0.3, 0.4) is 0 Å². The second-order valence-electron chi connectivity index (χ2n) is 5.76. The van der Waals surface area contributed by atoms with Gasteiger partial charge < -0.3 is 10.4 Å². The molecular weight excluding hydrogens is 316 g/mol. The first kappa shape index (κ1) is 15.9. The Morgan fingerprint density at radius 2 is 1.87 bits per heavy atom. The zero-order valence-corrected chi connectivity index (χ0v) is 13.2. The smallest absolute Gasteiger partial charge is 0.307 e. The molecule has 1 fully saturated rings. The minimum Gasteiger partial charge on any atom is -0.481 e. The number of hydrogen-bond donors (Lipinski definition) is 3. The molecule has 1 aliphatic rings. The van der Waals surface area contributed by atoms with Crippen molar-refractivity contribution in [1.82, 2.24) is 10.0 Å². The van der Waals surface area contributed by atoms with Crippen molar-refractivity contribution >= 4 is 26.8 Å². The fourth-order valence-corrected chi connectivity index (χ4v) is 4.13. The number of nitrogens with one attached hydrogen (secondary N) is 2. The van der Waals surface area contributed by atoms with Gasteiger partial charge in [0.1, 0.15) is 0 Å². The highest BCUT2D eigenvalue weighted by molar-refractivity contribution is 7.89. The molecule has 3 rings (SSSR count). The van der Waals surface area contributed by atoms with Crippen molar-refractivity contribution in [2.45, 2.75) is 17.4 Å². The van der Waals surface area contributed by atoms with Crippen LogP contribution in [0.1, 0.15) is 6.42 Å². The molecule has 0 bridgehead atoms. The van der Waals surface area contributed by atoms with Crippen molar-refractivity contribution in [3.63, 3.8) is 0 Å². The average molecular weight is 334 g/mol. The van der Waals surface area contributed by atoms with E-state index in [0.717, 1.165) is 10.8 Å². The Morgan fingerprint density at radius 3 is 2.61 bits per heavy atom. The SMILES string of the molecule is O=C(O)C1CNCC(NS(=O)(=O)c2ccc3ccccc3c2)C1. The number of carboxylic acids is 1. The van der Waals surface area contributed by atoms with Gasteiger partial charge in [-0.3, -0.25) is 4.79 Å². The summed E-state index contributed by atoms with van der Waals surface area (Å²) in [6, 6.07) is 12.1. The van der Waals surface area contributed by atoms with Gasteiger partial charge in [-0.1, -0.05) is 30.3 Å². The van der Waals surface area contributed by atoms with E-state index in [4.69, 9.17) is 5.11 Å². The summed E-state index contributed by atoms with van der Waals surface area (Å²) >= 11 is 0. The molecule has 2 aromatic carbocycles. The number of sulfonamides is 1. The highest BCUT2D eigenvalue weighted by atomic mass is 32.2. The number of aliphatic carboxylic acids is 1. The maximum absolute atomic E-state index is 12.5. The van der Waals surface area contributed by atoms with Gasteiger partial charge in [-0.05, 0) is 29.3 Å². The van der Waals surface area contributed by atoms with E-state index in [1.165, 1.54) is 0 Å². The monoisotopic (exact) mass is 334 g/mol. The van der Waals surface area contributed by atoms with Gasteiger partial charge in [-0.15, -0.1) is 0 Å². The van der Waals surface area contributed by atoms with Crippen LogP contribution in [-0.2, 0) is 14.8 Å². The topological polar surface area (TPSA) is 95.5 Å². The number of carboxylic acid groups (broad SMARTS) is 1. The maximum Gasteiger partial charge on any atom is 0.307 e. The lowest BCUT2D eigenvalue weighted by Gasteiger charge is -2.28. The molecule has 1 aliphatic heterocycles. The molecule has 0 radical (unpaired) electrons. The molecule has 0 saturated carbocycles. The Bertz CT molecular complexity index is 835. The van der Waals surface area contributed by atoms with E-state index in [0.29, 0.717) is 13.1 Å². The van der Waals surface area contributed by atoms with E-state index >= 15 is 0 Å². The molecular formula is C16H18N2O4S. The van der Waals surface area contributed by atoms with Gasteiger partial charge >= 0.3 is 5.97 Å². The largest absolute Gasteiger partial charge is 0.481 e. The third kappa shape index (κ3) is 3.52. The summed E-state index contributed by atoms with van der Waals surface area (Å²) in [4.78, 5) is 11.3. The molecule has 122 valence electrons. The number of carbonyl (C=O) groups is 1. The van der Waals surface area contributed by atoms with E-state index in [9.17, 15) is 13.2 Å². The lowest BCUT2D eigenvalue weighted by molar-refractivity contribution is -0.142. The van der Waals surface area contributed by atoms with Crippen LogP contribution < -0.4 is 10.0 Å². The Balaban J connectivity index is 1.81. The number of fused-ring (bicyclic) bond motifs is 1. The number of piperidine rings is 1. The van der Waals surface area contributed by atoms with Crippen molar-refractivity contribution in [2.24, 2.45) is 5.92 Å². The zero-order chi connectivity index (χ0) is 16.4. The molecule has 2 unspecified atom stereocenters. The molecule has 0 aliphatic carbocycles. The van der Waals surface area contributed by atoms with E-state index in [1.54, 1.807) is 18.2 Å². The molecule has 1 heterocycles. The molecule has 2 atom stereocenters. The van der Waals surface area contributed by atoms with Crippen LogP contribution >= 0.6 is 0 Å². The van der Waals surface area contributed by atoms with E-state index in [2.05, 4.69) is 10.0 Å². The molecule has 0 aromatic heterocycles. The lowest BCUT2D eigenvalue weighted by Crippen LogP contribution is -2.50. The van der Waals surface area contributed by atoms with Crippen molar-refractivity contribution in [1.29, 1.82) is 0 Å². The quantitative estimate of drug-likeness (QED) is 0.780. The summed E-state index contributed by atoms with van der Waals surface area (Å²) in [7, 11) is -3.68. The van der Waals surface area contributed by atoms with Crippen LogP contribution in [-0.4, -0.2) is 38.6 Å². The van der Waals surface area contributed by atoms with Crippen molar-refractivity contribution < 1.29 is 18.3 Å². The summed E-state index contributed by atoms with van der Waals surface area (Å²) in [5, 5.41) is 13.9. The predicted molar refractivity (Wildman–Crippen MR) is 86.7 cm³/mol. The van der Waals surface area contributed by atoms with Gasteiger partial charge in [0.15, 0.2) is 0 Å². The van der Waals surface area contributed by atoms with Crippen LogP contribution in [0.2, 0.25) is 0 Å². The predicted octanol–water partition coefficient (Wildman–Crippen LogP) is 1.18. The molecule has 0 amide bonds. The van der Waals surface area contributed by atoms with Crippen molar-refractivity contribution in [3.05, 3.63) is 42.5 Å². The molecule has 6 nitrogen and oxygen atoms in total. The van der Waals surface area contributed by atoms with Crippen molar-refractivity contribution in [3.8, 4) is 0 Å². The normalized spacial score (nSPS) is 22.1. The zero-order valence-electron chi connectivity index (χ0n) is 12.4. The second kappa shape index (κ2) is 6.27. The summed E-state index contributed by atoms with van der Waals surface area (Å²) in [6.45, 7) is 0.792. The third-order valence-corrected chi connectivity index (χ3v) is 5.57. The standard InChI is InChI=1S/C16H18N2O4S/c19-16(20)13-7-14(10-17-9-13)18-23(21,22)15-6-5-11-3-1-2-4-12(11)8-15/h1-6,8,13-14,17-18H,7,9-10H2,(H,19,20). The maximum atomic E-state index is 12.5. The van der Waals surface area contributed by atoms with Gasteiger partial charge in [0, 0.05) is 19.1 Å². The summed E-state index contributed by atoms with van der Waals surface area (Å²) in [5.41, 5.74) is 0. The van der Waals surface area contributed by atoms with Gasteiger partial charge in [-0.25, -0.2) is 13.1 Å². The van der Waals surface area contributed by atoms with Crippen molar-refractivity contribution in [2.75, 3.05) is 13.1 Å². The summed E-state index contributed by atoms with van der Waals surface area (Å²) in [5.74, 6) is -1.49. The minimum atomic E-state index is -3.68. The second-order valence-corrected chi connectivity index (χ2v) is 7.47. The fourth-order valence-electron chi connectivity index (χ4n) is 2.84. The van der Waals surface area contributed by atoms with Gasteiger partial charge in [-0.2, -0.15) is 0 Å². The van der Waals surface area contributed by atoms with E-state index in [-0.39, 0.29) is 11.3 Å².